The first-order chi connectivity index (χ1) is 11.2. The molecule has 2 aromatic carbocycles. The zero-order valence-electron chi connectivity index (χ0n) is 12.9. The summed E-state index contributed by atoms with van der Waals surface area (Å²) >= 11 is 0. The van der Waals surface area contributed by atoms with Gasteiger partial charge in [0.1, 0.15) is 5.82 Å². The highest BCUT2D eigenvalue weighted by Crippen LogP contribution is 2.18. The van der Waals surface area contributed by atoms with E-state index in [0.29, 0.717) is 13.0 Å². The SMILES string of the molecule is CCCNS(=O)(=O)c1ccc(NS(=O)(=O)c2ccc(F)cc2)cc1. The molecule has 0 fully saturated rings. The fraction of sp³-hybridized carbons (Fsp3) is 0.200. The Hall–Kier alpha value is -1.97. The van der Waals surface area contributed by atoms with Crippen LogP contribution in [0.3, 0.4) is 0 Å². The van der Waals surface area contributed by atoms with Crippen LogP contribution in [-0.2, 0) is 20.0 Å². The van der Waals surface area contributed by atoms with Gasteiger partial charge in [0.2, 0.25) is 10.0 Å². The minimum Gasteiger partial charge on any atom is -0.280 e. The zero-order chi connectivity index (χ0) is 17.8. The summed E-state index contributed by atoms with van der Waals surface area (Å²) in [5, 5.41) is 0. The largest absolute Gasteiger partial charge is 0.280 e. The van der Waals surface area contributed by atoms with Gasteiger partial charge in [-0.2, -0.15) is 0 Å². The Bertz CT molecular complexity index is 893. The Morgan fingerprint density at radius 1 is 0.833 bits per heavy atom. The lowest BCUT2D eigenvalue weighted by atomic mass is 10.3. The highest BCUT2D eigenvalue weighted by atomic mass is 32.2. The summed E-state index contributed by atoms with van der Waals surface area (Å²) in [6.07, 6.45) is 0.661. The Labute approximate surface area is 140 Å². The van der Waals surface area contributed by atoms with Gasteiger partial charge in [0.15, 0.2) is 0 Å². The van der Waals surface area contributed by atoms with Crippen molar-refractivity contribution >= 4 is 25.7 Å². The van der Waals surface area contributed by atoms with Crippen LogP contribution in [0.1, 0.15) is 13.3 Å². The van der Waals surface area contributed by atoms with Crippen molar-refractivity contribution in [2.45, 2.75) is 23.1 Å². The van der Waals surface area contributed by atoms with Gasteiger partial charge in [0.25, 0.3) is 10.0 Å². The molecule has 9 heteroatoms. The van der Waals surface area contributed by atoms with Crippen LogP contribution in [0, 0.1) is 5.82 Å². The maximum atomic E-state index is 12.9. The molecule has 0 bridgehead atoms. The Morgan fingerprint density at radius 2 is 1.33 bits per heavy atom. The summed E-state index contributed by atoms with van der Waals surface area (Å²) in [6, 6.07) is 9.69. The first kappa shape index (κ1) is 18.4. The maximum Gasteiger partial charge on any atom is 0.261 e. The van der Waals surface area contributed by atoms with Gasteiger partial charge in [-0.3, -0.25) is 4.72 Å². The van der Waals surface area contributed by atoms with Gasteiger partial charge in [-0.25, -0.2) is 25.9 Å². The van der Waals surface area contributed by atoms with Gasteiger partial charge < -0.3 is 0 Å². The Balaban J connectivity index is 2.18. The molecule has 2 rings (SSSR count). The summed E-state index contributed by atoms with van der Waals surface area (Å²) in [4.78, 5) is -0.0501. The average molecular weight is 372 g/mol. The molecule has 0 saturated carbocycles. The smallest absolute Gasteiger partial charge is 0.261 e. The van der Waals surface area contributed by atoms with E-state index < -0.39 is 25.9 Å². The zero-order valence-corrected chi connectivity index (χ0v) is 14.5. The van der Waals surface area contributed by atoms with Crippen molar-refractivity contribution in [2.75, 3.05) is 11.3 Å². The van der Waals surface area contributed by atoms with E-state index >= 15 is 0 Å². The lowest BCUT2D eigenvalue weighted by Gasteiger charge is -2.09. The summed E-state index contributed by atoms with van der Waals surface area (Å²) < 4.78 is 65.9. The molecule has 0 unspecified atom stereocenters. The van der Waals surface area contributed by atoms with Gasteiger partial charge in [0.05, 0.1) is 9.79 Å². The minimum atomic E-state index is -3.87. The van der Waals surface area contributed by atoms with Crippen LogP contribution in [0.25, 0.3) is 0 Å². The van der Waals surface area contributed by atoms with Gasteiger partial charge >= 0.3 is 0 Å². The van der Waals surface area contributed by atoms with E-state index in [0.717, 1.165) is 24.3 Å². The van der Waals surface area contributed by atoms with Gasteiger partial charge in [-0.1, -0.05) is 6.92 Å². The highest BCUT2D eigenvalue weighted by Gasteiger charge is 2.16. The van der Waals surface area contributed by atoms with Crippen LogP contribution >= 0.6 is 0 Å². The third-order valence-corrected chi connectivity index (χ3v) is 5.96. The van der Waals surface area contributed by atoms with Crippen LogP contribution in [0.4, 0.5) is 10.1 Å². The summed E-state index contributed by atoms with van der Waals surface area (Å²) in [5.74, 6) is -0.539. The summed E-state index contributed by atoms with van der Waals surface area (Å²) in [6.45, 7) is 2.16. The monoisotopic (exact) mass is 372 g/mol. The number of hydrogen-bond donors (Lipinski definition) is 2. The molecule has 0 amide bonds. The predicted molar refractivity (Wildman–Crippen MR) is 89.1 cm³/mol. The topological polar surface area (TPSA) is 92.3 Å². The molecule has 0 aliphatic rings. The van der Waals surface area contributed by atoms with Crippen LogP contribution in [0.5, 0.6) is 0 Å². The Kier molecular flexibility index (Phi) is 5.58. The normalized spacial score (nSPS) is 12.1. The maximum absolute atomic E-state index is 12.9. The van der Waals surface area contributed by atoms with Crippen molar-refractivity contribution < 1.29 is 21.2 Å². The number of anilines is 1. The number of sulfonamides is 2. The molecule has 2 aromatic rings. The molecule has 0 aliphatic heterocycles. The molecule has 130 valence electrons. The van der Waals surface area contributed by atoms with Crippen molar-refractivity contribution in [1.82, 2.24) is 4.72 Å². The van der Waals surface area contributed by atoms with Gasteiger partial charge in [-0.05, 0) is 55.0 Å². The van der Waals surface area contributed by atoms with E-state index in [-0.39, 0.29) is 15.5 Å². The van der Waals surface area contributed by atoms with Crippen molar-refractivity contribution in [1.29, 1.82) is 0 Å². The standard InChI is InChI=1S/C15H17FN2O4S2/c1-2-11-17-23(19,20)14-9-5-13(6-10-14)18-24(21,22)15-7-3-12(16)4-8-15/h3-10,17-18H,2,11H2,1H3. The molecule has 0 aromatic heterocycles. The molecular weight excluding hydrogens is 355 g/mol. The number of nitrogens with one attached hydrogen (secondary N) is 2. The van der Waals surface area contributed by atoms with Crippen LogP contribution in [0.15, 0.2) is 58.3 Å². The van der Waals surface area contributed by atoms with Crippen LogP contribution < -0.4 is 9.44 Å². The summed E-state index contributed by atoms with van der Waals surface area (Å²) in [7, 11) is -7.48. The van der Waals surface area contributed by atoms with E-state index in [1.165, 1.54) is 24.3 Å². The number of benzene rings is 2. The molecule has 0 atom stereocenters. The second-order valence-electron chi connectivity index (χ2n) is 4.98. The highest BCUT2D eigenvalue weighted by molar-refractivity contribution is 7.92. The van der Waals surface area contributed by atoms with Crippen LogP contribution in [-0.4, -0.2) is 23.4 Å². The van der Waals surface area contributed by atoms with Crippen molar-refractivity contribution in [2.24, 2.45) is 0 Å². The molecule has 0 spiro atoms. The average Bonchev–Trinajstić information content (AvgIpc) is 2.53. The lowest BCUT2D eigenvalue weighted by Crippen LogP contribution is -2.24. The second-order valence-corrected chi connectivity index (χ2v) is 8.43. The van der Waals surface area contributed by atoms with E-state index in [4.69, 9.17) is 0 Å². The molecule has 0 radical (unpaired) electrons. The summed E-state index contributed by atoms with van der Waals surface area (Å²) in [5.41, 5.74) is 0.203. The van der Waals surface area contributed by atoms with Gasteiger partial charge in [-0.15, -0.1) is 0 Å². The number of halogens is 1. The quantitative estimate of drug-likeness (QED) is 0.780. The molecule has 0 heterocycles. The number of hydrogen-bond acceptors (Lipinski definition) is 4. The predicted octanol–water partition coefficient (Wildman–Crippen LogP) is 2.31. The number of rotatable bonds is 7. The van der Waals surface area contributed by atoms with E-state index in [9.17, 15) is 21.2 Å². The van der Waals surface area contributed by atoms with E-state index in [2.05, 4.69) is 9.44 Å². The minimum absolute atomic E-state index is 0.0423. The van der Waals surface area contributed by atoms with Crippen LogP contribution in [0.2, 0.25) is 0 Å². The third-order valence-electron chi connectivity index (χ3n) is 3.08. The molecule has 6 nitrogen and oxygen atoms in total. The fourth-order valence-corrected chi connectivity index (χ4v) is 4.04. The van der Waals surface area contributed by atoms with Crippen molar-refractivity contribution in [3.05, 3.63) is 54.3 Å². The second kappa shape index (κ2) is 7.29. The fourth-order valence-electron chi connectivity index (χ4n) is 1.85. The molecule has 2 N–H and O–H groups in total. The lowest BCUT2D eigenvalue weighted by molar-refractivity contribution is 0.580. The molecule has 0 saturated heterocycles. The first-order valence-electron chi connectivity index (χ1n) is 7.13. The van der Waals surface area contributed by atoms with E-state index in [1.807, 2.05) is 6.92 Å². The van der Waals surface area contributed by atoms with Crippen molar-refractivity contribution in [3.63, 3.8) is 0 Å². The van der Waals surface area contributed by atoms with E-state index in [1.54, 1.807) is 0 Å². The molecule has 0 aliphatic carbocycles. The van der Waals surface area contributed by atoms with Crippen molar-refractivity contribution in [3.8, 4) is 0 Å². The Morgan fingerprint density at radius 3 is 1.88 bits per heavy atom. The molecular formula is C15H17FN2O4S2. The first-order valence-corrected chi connectivity index (χ1v) is 10.1. The molecule has 24 heavy (non-hydrogen) atoms. The van der Waals surface area contributed by atoms with Gasteiger partial charge in [0, 0.05) is 12.2 Å². The third kappa shape index (κ3) is 4.53.